The molecule has 0 N–H and O–H groups in total. The fourth-order valence-corrected chi connectivity index (χ4v) is 9.71. The van der Waals surface area contributed by atoms with Crippen molar-refractivity contribution >= 4 is 32.3 Å². The fourth-order valence-electron chi connectivity index (χ4n) is 9.71. The summed E-state index contributed by atoms with van der Waals surface area (Å²) in [5.74, 6) is 0. The average molecular weight is 697 g/mol. The number of fused-ring (bicyclic) bond motifs is 6. The highest BCUT2D eigenvalue weighted by atomic mass is 14.5. The molecule has 0 radical (unpaired) electrons. The van der Waals surface area contributed by atoms with Gasteiger partial charge in [0.05, 0.1) is 5.41 Å². The van der Waals surface area contributed by atoms with Crippen LogP contribution in [0.2, 0.25) is 0 Å². The number of hydrogen-bond acceptors (Lipinski definition) is 0. The van der Waals surface area contributed by atoms with Crippen molar-refractivity contribution < 1.29 is 0 Å². The molecular weight excluding hydrogens is 661 g/mol. The second-order valence-electron chi connectivity index (χ2n) is 14.7. The van der Waals surface area contributed by atoms with E-state index in [1.807, 2.05) is 0 Å². The van der Waals surface area contributed by atoms with Gasteiger partial charge >= 0.3 is 0 Å². The van der Waals surface area contributed by atoms with E-state index >= 15 is 0 Å². The van der Waals surface area contributed by atoms with Crippen LogP contribution in [0, 0.1) is 0 Å². The first kappa shape index (κ1) is 31.5. The maximum atomic E-state index is 2.38. The highest BCUT2D eigenvalue weighted by Gasteiger charge is 2.46. The lowest BCUT2D eigenvalue weighted by molar-refractivity contribution is 0.768. The van der Waals surface area contributed by atoms with Crippen LogP contribution in [0.15, 0.2) is 218 Å². The molecule has 1 aliphatic rings. The SMILES string of the molecule is c1ccc(-c2ccc3cccc(-c4c5ccccc5c(-c5cccc6c5-c5ccccc5C6(c5ccccc5)c5ccccc5)c5ccccc45)c3c2)cc1. The largest absolute Gasteiger partial charge is 0.0713 e. The van der Waals surface area contributed by atoms with E-state index in [4.69, 9.17) is 0 Å². The Morgan fingerprint density at radius 1 is 0.255 bits per heavy atom. The molecular formula is C55H36. The normalized spacial score (nSPS) is 12.9. The molecule has 0 aliphatic heterocycles. The van der Waals surface area contributed by atoms with Crippen molar-refractivity contribution in [1.29, 1.82) is 0 Å². The van der Waals surface area contributed by atoms with Gasteiger partial charge in [0, 0.05) is 0 Å². The Hall–Kier alpha value is -7.02. The maximum Gasteiger partial charge on any atom is 0.0713 e. The molecule has 0 unspecified atom stereocenters. The van der Waals surface area contributed by atoms with E-state index in [1.165, 1.54) is 99.1 Å². The van der Waals surface area contributed by atoms with Gasteiger partial charge in [-0.05, 0) is 105 Å². The lowest BCUT2D eigenvalue weighted by Gasteiger charge is -2.34. The Bertz CT molecular complexity index is 2970. The molecule has 10 aromatic carbocycles. The summed E-state index contributed by atoms with van der Waals surface area (Å²) in [5.41, 5.74) is 14.9. The second-order valence-corrected chi connectivity index (χ2v) is 14.7. The Kier molecular flexibility index (Phi) is 7.19. The molecule has 55 heavy (non-hydrogen) atoms. The lowest BCUT2D eigenvalue weighted by Crippen LogP contribution is -2.28. The first-order valence-corrected chi connectivity index (χ1v) is 19.2. The number of rotatable bonds is 5. The van der Waals surface area contributed by atoms with Crippen molar-refractivity contribution in [3.05, 3.63) is 241 Å². The number of hydrogen-bond donors (Lipinski definition) is 0. The van der Waals surface area contributed by atoms with E-state index in [-0.39, 0.29) is 0 Å². The van der Waals surface area contributed by atoms with Gasteiger partial charge in [-0.3, -0.25) is 0 Å². The van der Waals surface area contributed by atoms with Gasteiger partial charge in [-0.15, -0.1) is 0 Å². The van der Waals surface area contributed by atoms with Gasteiger partial charge in [0.25, 0.3) is 0 Å². The molecule has 0 aromatic heterocycles. The van der Waals surface area contributed by atoms with E-state index in [1.54, 1.807) is 0 Å². The van der Waals surface area contributed by atoms with Crippen LogP contribution in [0.25, 0.3) is 76.8 Å². The summed E-state index contributed by atoms with van der Waals surface area (Å²) < 4.78 is 0. The molecule has 11 rings (SSSR count). The van der Waals surface area contributed by atoms with Gasteiger partial charge in [-0.2, -0.15) is 0 Å². The van der Waals surface area contributed by atoms with E-state index in [0.717, 1.165) is 0 Å². The van der Waals surface area contributed by atoms with Crippen LogP contribution < -0.4 is 0 Å². The molecule has 0 atom stereocenters. The second kappa shape index (κ2) is 12.5. The standard InChI is InChI=1S/C55H36/c1-4-18-37(19-5-1)39-35-34-38-20-16-30-46(49(38)36-39)52-42-25-10-12-27-44(42)53(45-28-13-11-26-43(45)52)48-31-17-33-51-54(48)47-29-14-15-32-50(47)55(51,40-21-6-2-7-22-40)41-23-8-3-9-24-41/h1-36H. The van der Waals surface area contributed by atoms with Crippen LogP contribution in [-0.2, 0) is 5.41 Å². The van der Waals surface area contributed by atoms with Gasteiger partial charge in [0.1, 0.15) is 0 Å². The van der Waals surface area contributed by atoms with Crippen molar-refractivity contribution in [3.63, 3.8) is 0 Å². The van der Waals surface area contributed by atoms with Crippen molar-refractivity contribution in [2.24, 2.45) is 0 Å². The molecule has 0 spiro atoms. The van der Waals surface area contributed by atoms with Gasteiger partial charge in [0.2, 0.25) is 0 Å². The molecule has 10 aromatic rings. The first-order chi connectivity index (χ1) is 27.3. The smallest absolute Gasteiger partial charge is 0.0622 e. The van der Waals surface area contributed by atoms with Gasteiger partial charge in [0.15, 0.2) is 0 Å². The summed E-state index contributed by atoms with van der Waals surface area (Å²) in [5, 5.41) is 7.54. The highest BCUT2D eigenvalue weighted by molar-refractivity contribution is 6.24. The minimum Gasteiger partial charge on any atom is -0.0622 e. The first-order valence-electron chi connectivity index (χ1n) is 19.2. The van der Waals surface area contributed by atoms with Crippen LogP contribution in [0.3, 0.4) is 0 Å². The maximum absolute atomic E-state index is 2.38. The summed E-state index contributed by atoms with van der Waals surface area (Å²) in [6.07, 6.45) is 0. The van der Waals surface area contributed by atoms with Crippen LogP contribution in [0.5, 0.6) is 0 Å². The fraction of sp³-hybridized carbons (Fsp3) is 0.0182. The van der Waals surface area contributed by atoms with E-state index in [0.29, 0.717) is 0 Å². The minimum absolute atomic E-state index is 0.463. The topological polar surface area (TPSA) is 0 Å². The Balaban J connectivity index is 1.24. The minimum atomic E-state index is -0.463. The summed E-state index contributed by atoms with van der Waals surface area (Å²) in [4.78, 5) is 0. The third-order valence-corrected chi connectivity index (χ3v) is 11.9. The van der Waals surface area contributed by atoms with Gasteiger partial charge in [-0.25, -0.2) is 0 Å². The average Bonchev–Trinajstić information content (AvgIpc) is 3.57. The summed E-state index contributed by atoms with van der Waals surface area (Å²) in [6.45, 7) is 0. The van der Waals surface area contributed by atoms with Crippen LogP contribution in [-0.4, -0.2) is 0 Å². The molecule has 0 amide bonds. The van der Waals surface area contributed by atoms with Crippen LogP contribution >= 0.6 is 0 Å². The lowest BCUT2D eigenvalue weighted by atomic mass is 9.67. The Morgan fingerprint density at radius 3 is 1.36 bits per heavy atom. The van der Waals surface area contributed by atoms with Crippen molar-refractivity contribution in [2.75, 3.05) is 0 Å². The zero-order valence-electron chi connectivity index (χ0n) is 30.3. The third kappa shape index (κ3) is 4.65. The third-order valence-electron chi connectivity index (χ3n) is 11.9. The Morgan fingerprint density at radius 2 is 0.727 bits per heavy atom. The van der Waals surface area contributed by atoms with Crippen LogP contribution in [0.1, 0.15) is 22.3 Å². The molecule has 1 aliphatic carbocycles. The molecule has 0 heteroatoms. The number of benzene rings is 10. The van der Waals surface area contributed by atoms with E-state index in [9.17, 15) is 0 Å². The van der Waals surface area contributed by atoms with Crippen LogP contribution in [0.4, 0.5) is 0 Å². The van der Waals surface area contributed by atoms with Crippen molar-refractivity contribution in [3.8, 4) is 44.5 Å². The molecule has 0 saturated carbocycles. The monoisotopic (exact) mass is 696 g/mol. The van der Waals surface area contributed by atoms with Gasteiger partial charge in [-0.1, -0.05) is 212 Å². The van der Waals surface area contributed by atoms with E-state index in [2.05, 4.69) is 218 Å². The molecule has 256 valence electrons. The zero-order valence-corrected chi connectivity index (χ0v) is 30.3. The molecule has 0 bridgehead atoms. The summed E-state index contributed by atoms with van der Waals surface area (Å²) >= 11 is 0. The molecule has 0 saturated heterocycles. The van der Waals surface area contributed by atoms with Crippen molar-refractivity contribution in [1.82, 2.24) is 0 Å². The summed E-state index contributed by atoms with van der Waals surface area (Å²) in [7, 11) is 0. The molecule has 0 fully saturated rings. The van der Waals surface area contributed by atoms with E-state index < -0.39 is 5.41 Å². The molecule has 0 nitrogen and oxygen atoms in total. The quantitative estimate of drug-likeness (QED) is 0.157. The molecule has 0 heterocycles. The highest BCUT2D eigenvalue weighted by Crippen LogP contribution is 2.59. The predicted octanol–water partition coefficient (Wildman–Crippen LogP) is 14.5. The predicted molar refractivity (Wildman–Crippen MR) is 233 cm³/mol. The van der Waals surface area contributed by atoms with Crippen molar-refractivity contribution in [2.45, 2.75) is 5.41 Å². The summed E-state index contributed by atoms with van der Waals surface area (Å²) in [6, 6.07) is 80.8. The zero-order chi connectivity index (χ0) is 36.3. The van der Waals surface area contributed by atoms with Gasteiger partial charge < -0.3 is 0 Å². The Labute approximate surface area is 321 Å².